The fourth-order valence-corrected chi connectivity index (χ4v) is 2.63. The highest BCUT2D eigenvalue weighted by Gasteiger charge is 2.30. The summed E-state index contributed by atoms with van der Waals surface area (Å²) >= 11 is 0. The molecule has 0 bridgehead atoms. The monoisotopic (exact) mass is 343 g/mol. The largest absolute Gasteiger partial charge is 0.416 e. The molecule has 0 spiro atoms. The van der Waals surface area contributed by atoms with Gasteiger partial charge in [0.2, 0.25) is 11.8 Å². The molecule has 2 amide bonds. The molecule has 0 atom stereocenters. The summed E-state index contributed by atoms with van der Waals surface area (Å²) in [6.07, 6.45) is -1.33. The number of benzene rings is 1. The van der Waals surface area contributed by atoms with Crippen molar-refractivity contribution in [1.29, 1.82) is 0 Å². The van der Waals surface area contributed by atoms with Crippen molar-refractivity contribution < 1.29 is 22.8 Å². The van der Waals surface area contributed by atoms with E-state index >= 15 is 0 Å². The third-order valence-electron chi connectivity index (χ3n) is 3.89. The molecule has 24 heavy (non-hydrogen) atoms. The minimum atomic E-state index is -4.40. The first-order chi connectivity index (χ1) is 11.2. The molecule has 3 nitrogen and oxygen atoms in total. The van der Waals surface area contributed by atoms with Gasteiger partial charge in [0.05, 0.1) is 12.1 Å². The maximum atomic E-state index is 12.6. The van der Waals surface area contributed by atoms with E-state index in [1.807, 2.05) is 13.8 Å². The van der Waals surface area contributed by atoms with E-state index < -0.39 is 17.6 Å². The molecule has 0 unspecified atom stereocenters. The summed E-state index contributed by atoms with van der Waals surface area (Å²) in [4.78, 5) is 25.6. The van der Waals surface area contributed by atoms with E-state index in [-0.39, 0.29) is 18.4 Å². The average Bonchev–Trinajstić information content (AvgIpc) is 2.51. The van der Waals surface area contributed by atoms with Crippen molar-refractivity contribution in [2.75, 3.05) is 0 Å². The minimum absolute atomic E-state index is 0.00374. The first-order valence-corrected chi connectivity index (χ1v) is 8.18. The summed E-state index contributed by atoms with van der Waals surface area (Å²) in [5.41, 5.74) is -0.250. The molecule has 0 aliphatic rings. The average molecular weight is 343 g/mol. The van der Waals surface area contributed by atoms with E-state index in [0.717, 1.165) is 29.9 Å². The zero-order chi connectivity index (χ0) is 18.3. The predicted molar refractivity (Wildman–Crippen MR) is 86.0 cm³/mol. The molecule has 0 saturated heterocycles. The van der Waals surface area contributed by atoms with Crippen molar-refractivity contribution in [2.45, 2.75) is 59.2 Å². The number of rotatable bonds is 7. The van der Waals surface area contributed by atoms with Gasteiger partial charge in [0.15, 0.2) is 0 Å². The second-order valence-electron chi connectivity index (χ2n) is 5.91. The number of nitrogens with zero attached hydrogens (tertiary/aromatic N) is 1. The summed E-state index contributed by atoms with van der Waals surface area (Å²) in [6.45, 7) is 5.25. The first-order valence-electron chi connectivity index (χ1n) is 8.18. The lowest BCUT2D eigenvalue weighted by Crippen LogP contribution is -2.39. The second kappa shape index (κ2) is 8.85. The Morgan fingerprint density at radius 1 is 1.04 bits per heavy atom. The van der Waals surface area contributed by atoms with Crippen LogP contribution in [0, 0.1) is 5.92 Å². The van der Waals surface area contributed by atoms with Crippen LogP contribution < -0.4 is 0 Å². The predicted octanol–water partition coefficient (Wildman–Crippen LogP) is 4.80. The SMILES string of the molecule is CCCC(CCC)C(=O)N(Cc1ccc(C(F)(F)F)cc1)C(C)=O. The van der Waals surface area contributed by atoms with Gasteiger partial charge < -0.3 is 0 Å². The van der Waals surface area contributed by atoms with Crippen molar-refractivity contribution in [2.24, 2.45) is 5.92 Å². The Morgan fingerprint density at radius 2 is 1.54 bits per heavy atom. The van der Waals surface area contributed by atoms with E-state index in [0.29, 0.717) is 18.4 Å². The van der Waals surface area contributed by atoms with E-state index in [1.54, 1.807) is 0 Å². The van der Waals surface area contributed by atoms with Crippen LogP contribution in [0.1, 0.15) is 57.6 Å². The lowest BCUT2D eigenvalue weighted by Gasteiger charge is -2.25. The molecule has 0 N–H and O–H groups in total. The zero-order valence-corrected chi connectivity index (χ0v) is 14.3. The van der Waals surface area contributed by atoms with Crippen LogP contribution in [0.5, 0.6) is 0 Å². The molecule has 0 aliphatic carbocycles. The molecule has 134 valence electrons. The summed E-state index contributed by atoms with van der Waals surface area (Å²) < 4.78 is 37.8. The Balaban J connectivity index is 2.93. The number of halogens is 3. The molecule has 1 rings (SSSR count). The Kier molecular flexibility index (Phi) is 7.45. The van der Waals surface area contributed by atoms with Crippen LogP contribution in [-0.2, 0) is 22.3 Å². The van der Waals surface area contributed by atoms with Crippen molar-refractivity contribution in [3.05, 3.63) is 35.4 Å². The number of carbonyl (C=O) groups excluding carboxylic acids is 2. The van der Waals surface area contributed by atoms with Crippen molar-refractivity contribution >= 4 is 11.8 Å². The summed E-state index contributed by atoms with van der Waals surface area (Å²) in [5, 5.41) is 0. The fraction of sp³-hybridized carbons (Fsp3) is 0.556. The molecular formula is C18H24F3NO2. The van der Waals surface area contributed by atoms with Crippen LogP contribution >= 0.6 is 0 Å². The van der Waals surface area contributed by atoms with Crippen LogP contribution in [0.15, 0.2) is 24.3 Å². The van der Waals surface area contributed by atoms with Crippen LogP contribution in [0.25, 0.3) is 0 Å². The molecule has 0 aromatic heterocycles. The summed E-state index contributed by atoms with van der Waals surface area (Å²) in [6, 6.07) is 4.54. The molecule has 0 heterocycles. The third-order valence-corrected chi connectivity index (χ3v) is 3.89. The molecule has 1 aromatic carbocycles. The molecular weight excluding hydrogens is 319 g/mol. The van der Waals surface area contributed by atoms with Gasteiger partial charge in [-0.3, -0.25) is 14.5 Å². The molecule has 0 saturated carbocycles. The van der Waals surface area contributed by atoms with E-state index in [2.05, 4.69) is 0 Å². The van der Waals surface area contributed by atoms with Gasteiger partial charge in [-0.05, 0) is 30.5 Å². The van der Waals surface area contributed by atoms with Gasteiger partial charge in [0.25, 0.3) is 0 Å². The van der Waals surface area contributed by atoms with Gasteiger partial charge >= 0.3 is 6.18 Å². The molecule has 1 aromatic rings. The number of hydrogen-bond acceptors (Lipinski definition) is 2. The van der Waals surface area contributed by atoms with E-state index in [4.69, 9.17) is 0 Å². The third kappa shape index (κ3) is 5.65. The standard InChI is InChI=1S/C18H24F3NO2/c1-4-6-15(7-5-2)17(24)22(13(3)23)12-14-8-10-16(11-9-14)18(19,20)21/h8-11,15H,4-7,12H2,1-3H3. The van der Waals surface area contributed by atoms with Crippen molar-refractivity contribution in [3.63, 3.8) is 0 Å². The molecule has 0 fully saturated rings. The Labute approximate surface area is 140 Å². The minimum Gasteiger partial charge on any atom is -0.278 e. The lowest BCUT2D eigenvalue weighted by atomic mass is 9.96. The number of amides is 2. The lowest BCUT2D eigenvalue weighted by molar-refractivity contribution is -0.147. The maximum Gasteiger partial charge on any atom is 0.416 e. The Bertz CT molecular complexity index is 546. The summed E-state index contributed by atoms with van der Waals surface area (Å²) in [5.74, 6) is -0.860. The highest BCUT2D eigenvalue weighted by Crippen LogP contribution is 2.29. The molecule has 0 radical (unpaired) electrons. The Hall–Kier alpha value is -1.85. The number of alkyl halides is 3. The smallest absolute Gasteiger partial charge is 0.278 e. The quantitative estimate of drug-likeness (QED) is 0.713. The Morgan fingerprint density at radius 3 is 1.92 bits per heavy atom. The first kappa shape index (κ1) is 20.2. The normalized spacial score (nSPS) is 11.6. The van der Waals surface area contributed by atoms with Gasteiger partial charge in [0.1, 0.15) is 0 Å². The van der Waals surface area contributed by atoms with Crippen LogP contribution in [0.2, 0.25) is 0 Å². The van der Waals surface area contributed by atoms with Crippen LogP contribution in [0.3, 0.4) is 0 Å². The molecule has 0 aliphatic heterocycles. The van der Waals surface area contributed by atoms with Gasteiger partial charge in [-0.2, -0.15) is 13.2 Å². The zero-order valence-electron chi connectivity index (χ0n) is 14.3. The molecule has 6 heteroatoms. The highest BCUT2D eigenvalue weighted by atomic mass is 19.4. The topological polar surface area (TPSA) is 37.4 Å². The van der Waals surface area contributed by atoms with E-state index in [1.165, 1.54) is 19.1 Å². The second-order valence-corrected chi connectivity index (χ2v) is 5.91. The highest BCUT2D eigenvalue weighted by molar-refractivity contribution is 5.95. The number of imide groups is 1. The van der Waals surface area contributed by atoms with Gasteiger partial charge in [-0.25, -0.2) is 0 Å². The van der Waals surface area contributed by atoms with Crippen LogP contribution in [-0.4, -0.2) is 16.7 Å². The van der Waals surface area contributed by atoms with Crippen molar-refractivity contribution in [1.82, 2.24) is 4.90 Å². The van der Waals surface area contributed by atoms with Crippen LogP contribution in [0.4, 0.5) is 13.2 Å². The van der Waals surface area contributed by atoms with Gasteiger partial charge in [-0.15, -0.1) is 0 Å². The fourth-order valence-electron chi connectivity index (χ4n) is 2.63. The number of carbonyl (C=O) groups is 2. The van der Waals surface area contributed by atoms with Gasteiger partial charge in [0, 0.05) is 12.8 Å². The summed E-state index contributed by atoms with van der Waals surface area (Å²) in [7, 11) is 0. The van der Waals surface area contributed by atoms with E-state index in [9.17, 15) is 22.8 Å². The maximum absolute atomic E-state index is 12.6. The van der Waals surface area contributed by atoms with Gasteiger partial charge in [-0.1, -0.05) is 38.8 Å². The van der Waals surface area contributed by atoms with Crippen molar-refractivity contribution in [3.8, 4) is 0 Å². The number of hydrogen-bond donors (Lipinski definition) is 0.